The highest BCUT2D eigenvalue weighted by atomic mass is 32.1. The molecule has 12 nitrogen and oxygen atoms in total. The molecule has 0 radical (unpaired) electrons. The Hall–Kier alpha value is -0.580. The van der Waals surface area contributed by atoms with Gasteiger partial charge in [0.2, 0.25) is 0 Å². The van der Waals surface area contributed by atoms with Crippen molar-refractivity contribution in [3.63, 3.8) is 0 Å². The van der Waals surface area contributed by atoms with Crippen LogP contribution in [0, 0.1) is 0 Å². The van der Waals surface area contributed by atoms with E-state index in [0.717, 1.165) is 0 Å². The smallest absolute Gasteiger partial charge is 0.305 e. The molecule has 0 atom stereocenters. The van der Waals surface area contributed by atoms with Crippen molar-refractivity contribution in [2.45, 2.75) is 6.42 Å². The van der Waals surface area contributed by atoms with Crippen molar-refractivity contribution in [2.24, 2.45) is 0 Å². The van der Waals surface area contributed by atoms with E-state index in [0.29, 0.717) is 131 Å². The van der Waals surface area contributed by atoms with Crippen molar-refractivity contribution in [1.29, 1.82) is 0 Å². The lowest BCUT2D eigenvalue weighted by Gasteiger charge is -2.09. The number of carboxylic acid groups (broad SMARTS) is 1. The van der Waals surface area contributed by atoms with Crippen LogP contribution in [0.1, 0.15) is 6.42 Å². The maximum Gasteiger partial charge on any atom is 0.305 e. The number of carbonyl (C=O) groups is 1. The summed E-state index contributed by atoms with van der Waals surface area (Å²) in [5, 5.41) is 8.46. The Morgan fingerprint density at radius 2 is 0.583 bits per heavy atom. The van der Waals surface area contributed by atoms with Crippen molar-refractivity contribution in [1.82, 2.24) is 0 Å². The molecular formula is C23H46O12S. The van der Waals surface area contributed by atoms with E-state index in [2.05, 4.69) is 12.6 Å². The normalized spacial score (nSPS) is 11.4. The molecule has 0 aliphatic heterocycles. The van der Waals surface area contributed by atoms with Gasteiger partial charge in [0.1, 0.15) is 0 Å². The fourth-order valence-corrected chi connectivity index (χ4v) is 2.43. The van der Waals surface area contributed by atoms with E-state index in [1.54, 1.807) is 0 Å². The van der Waals surface area contributed by atoms with Crippen LogP contribution in [0.25, 0.3) is 0 Å². The molecule has 0 aromatic carbocycles. The summed E-state index contributed by atoms with van der Waals surface area (Å²) in [5.41, 5.74) is 0. The molecule has 0 bridgehead atoms. The highest BCUT2D eigenvalue weighted by Crippen LogP contribution is 1.87. The van der Waals surface area contributed by atoms with Crippen LogP contribution < -0.4 is 0 Å². The second-order valence-electron chi connectivity index (χ2n) is 6.99. The molecule has 0 fully saturated rings. The Labute approximate surface area is 220 Å². The summed E-state index contributed by atoms with van der Waals surface area (Å²) in [6.45, 7) is 9.76. The molecule has 0 aliphatic rings. The summed E-state index contributed by atoms with van der Waals surface area (Å²) in [4.78, 5) is 10.3. The van der Waals surface area contributed by atoms with Gasteiger partial charge in [0, 0.05) is 5.75 Å². The third-order valence-electron chi connectivity index (χ3n) is 4.04. The van der Waals surface area contributed by atoms with E-state index in [9.17, 15) is 4.79 Å². The minimum atomic E-state index is -0.872. The Morgan fingerprint density at radius 3 is 0.778 bits per heavy atom. The van der Waals surface area contributed by atoms with Crippen LogP contribution in [0.5, 0.6) is 0 Å². The summed E-state index contributed by atoms with van der Waals surface area (Å²) in [7, 11) is 0. The average molecular weight is 547 g/mol. The molecular weight excluding hydrogens is 500 g/mol. The van der Waals surface area contributed by atoms with E-state index < -0.39 is 5.97 Å². The van der Waals surface area contributed by atoms with Gasteiger partial charge in [-0.1, -0.05) is 0 Å². The van der Waals surface area contributed by atoms with Crippen LogP contribution in [0.4, 0.5) is 0 Å². The van der Waals surface area contributed by atoms with Crippen LogP contribution in [0.2, 0.25) is 0 Å². The maximum atomic E-state index is 10.3. The summed E-state index contributed by atoms with van der Waals surface area (Å²) >= 11 is 4.05. The van der Waals surface area contributed by atoms with Gasteiger partial charge in [0.25, 0.3) is 0 Å². The van der Waals surface area contributed by atoms with Crippen molar-refractivity contribution >= 4 is 18.6 Å². The first-order chi connectivity index (χ1) is 17.8. The Morgan fingerprint density at radius 1 is 0.389 bits per heavy atom. The molecule has 0 aromatic heterocycles. The molecule has 0 unspecified atom stereocenters. The van der Waals surface area contributed by atoms with Gasteiger partial charge in [0.15, 0.2) is 0 Å². The number of aliphatic carboxylic acids is 1. The quantitative estimate of drug-likeness (QED) is 0.0903. The summed E-state index contributed by atoms with van der Waals surface area (Å²) in [6, 6.07) is 0. The number of rotatable bonds is 32. The minimum absolute atomic E-state index is 0.00125. The van der Waals surface area contributed by atoms with Crippen molar-refractivity contribution in [3.05, 3.63) is 0 Å². The van der Waals surface area contributed by atoms with E-state index in [1.165, 1.54) is 0 Å². The maximum absolute atomic E-state index is 10.3. The standard InChI is InChI=1S/C23H46O12S/c24-23(25)1-2-26-3-4-27-5-6-28-7-8-29-9-10-30-11-12-31-13-14-32-15-16-33-17-18-34-19-20-35-21-22-36/h36H,1-22H2,(H,24,25). The number of thiol groups is 1. The monoisotopic (exact) mass is 546 g/mol. The zero-order valence-corrected chi connectivity index (χ0v) is 22.3. The second-order valence-corrected chi connectivity index (χ2v) is 7.44. The van der Waals surface area contributed by atoms with Crippen molar-refractivity contribution < 1.29 is 57.3 Å². The molecule has 0 amide bonds. The van der Waals surface area contributed by atoms with Crippen LogP contribution >= 0.6 is 12.6 Å². The number of ether oxygens (including phenoxy) is 10. The first-order valence-electron chi connectivity index (χ1n) is 12.4. The van der Waals surface area contributed by atoms with Gasteiger partial charge in [-0.3, -0.25) is 4.79 Å². The van der Waals surface area contributed by atoms with Crippen LogP contribution in [0.3, 0.4) is 0 Å². The highest BCUT2D eigenvalue weighted by Gasteiger charge is 1.97. The molecule has 1 N–H and O–H groups in total. The molecule has 0 aliphatic carbocycles. The largest absolute Gasteiger partial charge is 0.481 e. The Bertz CT molecular complexity index is 434. The first-order valence-corrected chi connectivity index (χ1v) is 13.0. The van der Waals surface area contributed by atoms with E-state index in [1.807, 2.05) is 0 Å². The molecule has 216 valence electrons. The first kappa shape index (κ1) is 35.4. The molecule has 0 rings (SSSR count). The van der Waals surface area contributed by atoms with Gasteiger partial charge < -0.3 is 52.5 Å². The molecule has 0 saturated carbocycles. The average Bonchev–Trinajstić information content (AvgIpc) is 2.87. The predicted octanol–water partition coefficient (Wildman–Crippen LogP) is 0.557. The van der Waals surface area contributed by atoms with E-state index >= 15 is 0 Å². The molecule has 0 aromatic rings. The minimum Gasteiger partial charge on any atom is -0.481 e. The lowest BCUT2D eigenvalue weighted by molar-refractivity contribution is -0.138. The van der Waals surface area contributed by atoms with Gasteiger partial charge in [-0.2, -0.15) is 12.6 Å². The summed E-state index contributed by atoms with van der Waals surface area (Å²) < 4.78 is 53.5. The fraction of sp³-hybridized carbons (Fsp3) is 0.957. The SMILES string of the molecule is O=C(O)CCOCCOCCOCCOCCOCCOCCOCCOCCOCCOCCS. The molecule has 36 heavy (non-hydrogen) atoms. The third kappa shape index (κ3) is 33.4. The second kappa shape index (κ2) is 32.4. The Kier molecular flexibility index (Phi) is 31.9. The fourth-order valence-electron chi connectivity index (χ4n) is 2.31. The lowest BCUT2D eigenvalue weighted by Crippen LogP contribution is -2.15. The lowest BCUT2D eigenvalue weighted by atomic mass is 10.5. The highest BCUT2D eigenvalue weighted by molar-refractivity contribution is 7.80. The van der Waals surface area contributed by atoms with Gasteiger partial charge in [-0.05, 0) is 0 Å². The predicted molar refractivity (Wildman–Crippen MR) is 134 cm³/mol. The molecule has 13 heteroatoms. The number of hydrogen-bond donors (Lipinski definition) is 2. The van der Waals surface area contributed by atoms with E-state index in [-0.39, 0.29) is 13.0 Å². The Balaban J connectivity index is 3.02. The third-order valence-corrected chi connectivity index (χ3v) is 4.23. The van der Waals surface area contributed by atoms with Crippen molar-refractivity contribution in [2.75, 3.05) is 138 Å². The van der Waals surface area contributed by atoms with Crippen molar-refractivity contribution in [3.8, 4) is 0 Å². The summed E-state index contributed by atoms with van der Waals surface area (Å²) in [6.07, 6.45) is 0.00125. The number of carboxylic acids is 1. The van der Waals surface area contributed by atoms with Crippen LogP contribution in [0.15, 0.2) is 0 Å². The topological polar surface area (TPSA) is 130 Å². The van der Waals surface area contributed by atoms with E-state index in [4.69, 9.17) is 52.5 Å². The zero-order valence-electron chi connectivity index (χ0n) is 21.4. The van der Waals surface area contributed by atoms with Gasteiger partial charge in [-0.25, -0.2) is 0 Å². The number of hydrogen-bond acceptors (Lipinski definition) is 12. The molecule has 0 saturated heterocycles. The van der Waals surface area contributed by atoms with Gasteiger partial charge in [0.05, 0.1) is 139 Å². The zero-order chi connectivity index (χ0) is 26.2. The van der Waals surface area contributed by atoms with Gasteiger partial charge in [-0.15, -0.1) is 0 Å². The summed E-state index contributed by atoms with van der Waals surface area (Å²) in [5.74, 6) is -0.156. The molecule has 0 spiro atoms. The van der Waals surface area contributed by atoms with Crippen LogP contribution in [-0.2, 0) is 52.2 Å². The van der Waals surface area contributed by atoms with Gasteiger partial charge >= 0.3 is 5.97 Å². The molecule has 0 heterocycles. The van der Waals surface area contributed by atoms with Crippen LogP contribution in [-0.4, -0.2) is 149 Å².